The standard InChI is InChI=1S/C11H18N2OS/c1-12(2)6-7-13(3)9-10(14)11-5-4-8-15-11/h4-5,8H,6-7,9H2,1-3H3. The van der Waals surface area contributed by atoms with E-state index in [9.17, 15) is 4.79 Å². The number of Topliss-reactive ketones (excluding diaryl/α,β-unsaturated/α-hetero) is 1. The zero-order chi connectivity index (χ0) is 11.3. The van der Waals surface area contributed by atoms with Gasteiger partial charge in [-0.3, -0.25) is 9.69 Å². The summed E-state index contributed by atoms with van der Waals surface area (Å²) in [5.74, 6) is 0.214. The molecule has 4 heteroatoms. The van der Waals surface area contributed by atoms with Crippen molar-refractivity contribution in [2.75, 3.05) is 40.8 Å². The van der Waals surface area contributed by atoms with Crippen molar-refractivity contribution in [3.8, 4) is 0 Å². The van der Waals surface area contributed by atoms with E-state index in [2.05, 4.69) is 9.80 Å². The Hall–Kier alpha value is -0.710. The number of nitrogens with zero attached hydrogens (tertiary/aromatic N) is 2. The molecule has 0 aromatic carbocycles. The van der Waals surface area contributed by atoms with Gasteiger partial charge in [0.2, 0.25) is 0 Å². The highest BCUT2D eigenvalue weighted by molar-refractivity contribution is 7.12. The Morgan fingerprint density at radius 1 is 1.33 bits per heavy atom. The van der Waals surface area contributed by atoms with E-state index in [4.69, 9.17) is 0 Å². The van der Waals surface area contributed by atoms with Crippen molar-refractivity contribution in [2.24, 2.45) is 0 Å². The van der Waals surface area contributed by atoms with Crippen molar-refractivity contribution in [3.05, 3.63) is 22.4 Å². The Morgan fingerprint density at radius 3 is 2.60 bits per heavy atom. The second kappa shape index (κ2) is 6.00. The molecule has 1 heterocycles. The first-order valence-electron chi connectivity index (χ1n) is 4.99. The number of hydrogen-bond donors (Lipinski definition) is 0. The van der Waals surface area contributed by atoms with E-state index in [-0.39, 0.29) is 5.78 Å². The molecule has 0 radical (unpaired) electrons. The molecule has 0 amide bonds. The van der Waals surface area contributed by atoms with Gasteiger partial charge in [0.05, 0.1) is 11.4 Å². The van der Waals surface area contributed by atoms with E-state index in [1.807, 2.05) is 38.7 Å². The van der Waals surface area contributed by atoms with Crippen molar-refractivity contribution < 1.29 is 4.79 Å². The van der Waals surface area contributed by atoms with Crippen LogP contribution in [-0.2, 0) is 0 Å². The van der Waals surface area contributed by atoms with E-state index in [0.29, 0.717) is 6.54 Å². The first kappa shape index (κ1) is 12.4. The van der Waals surface area contributed by atoms with Gasteiger partial charge in [-0.2, -0.15) is 0 Å². The highest BCUT2D eigenvalue weighted by Gasteiger charge is 2.09. The lowest BCUT2D eigenvalue weighted by Gasteiger charge is -2.18. The van der Waals surface area contributed by atoms with Crippen molar-refractivity contribution in [1.82, 2.24) is 9.80 Å². The lowest BCUT2D eigenvalue weighted by atomic mass is 10.3. The maximum Gasteiger partial charge on any atom is 0.186 e. The molecule has 0 bridgehead atoms. The number of thiophene rings is 1. The van der Waals surface area contributed by atoms with Gasteiger partial charge in [0, 0.05) is 13.1 Å². The highest BCUT2D eigenvalue weighted by Crippen LogP contribution is 2.09. The van der Waals surface area contributed by atoms with Crippen LogP contribution in [0.15, 0.2) is 17.5 Å². The minimum Gasteiger partial charge on any atom is -0.308 e. The Labute approximate surface area is 95.3 Å². The van der Waals surface area contributed by atoms with Gasteiger partial charge in [-0.15, -0.1) is 11.3 Å². The van der Waals surface area contributed by atoms with E-state index in [1.165, 1.54) is 11.3 Å². The summed E-state index contributed by atoms with van der Waals surface area (Å²) in [7, 11) is 6.05. The van der Waals surface area contributed by atoms with Gasteiger partial charge in [-0.1, -0.05) is 6.07 Å². The molecule has 0 atom stereocenters. The fraction of sp³-hybridized carbons (Fsp3) is 0.545. The molecule has 1 aromatic rings. The molecule has 0 saturated heterocycles. The molecule has 15 heavy (non-hydrogen) atoms. The van der Waals surface area contributed by atoms with Crippen LogP contribution in [0, 0.1) is 0 Å². The SMILES string of the molecule is CN(C)CCN(C)CC(=O)c1cccs1. The third-order valence-electron chi connectivity index (χ3n) is 2.14. The topological polar surface area (TPSA) is 23.6 Å². The van der Waals surface area contributed by atoms with Gasteiger partial charge in [-0.25, -0.2) is 0 Å². The Kier molecular flexibility index (Phi) is 4.94. The zero-order valence-corrected chi connectivity index (χ0v) is 10.4. The maximum atomic E-state index is 11.7. The molecule has 0 unspecified atom stereocenters. The molecule has 1 aromatic heterocycles. The van der Waals surface area contributed by atoms with Gasteiger partial charge in [0.15, 0.2) is 5.78 Å². The Morgan fingerprint density at radius 2 is 2.07 bits per heavy atom. The predicted molar refractivity (Wildman–Crippen MR) is 64.7 cm³/mol. The quantitative estimate of drug-likeness (QED) is 0.686. The van der Waals surface area contributed by atoms with Crippen molar-refractivity contribution in [1.29, 1.82) is 0 Å². The lowest BCUT2D eigenvalue weighted by molar-refractivity contribution is 0.0946. The van der Waals surface area contributed by atoms with Gasteiger partial charge < -0.3 is 4.90 Å². The fourth-order valence-corrected chi connectivity index (χ4v) is 1.87. The monoisotopic (exact) mass is 226 g/mol. The maximum absolute atomic E-state index is 11.7. The molecule has 0 aliphatic rings. The normalized spacial score (nSPS) is 11.3. The first-order valence-corrected chi connectivity index (χ1v) is 5.87. The summed E-state index contributed by atoms with van der Waals surface area (Å²) in [6.45, 7) is 2.41. The number of rotatable bonds is 6. The van der Waals surface area contributed by atoms with Crippen molar-refractivity contribution in [2.45, 2.75) is 0 Å². The van der Waals surface area contributed by atoms with Crippen molar-refractivity contribution in [3.63, 3.8) is 0 Å². The molecule has 0 saturated carbocycles. The van der Waals surface area contributed by atoms with E-state index in [0.717, 1.165) is 18.0 Å². The number of hydrogen-bond acceptors (Lipinski definition) is 4. The van der Waals surface area contributed by atoms with Crippen LogP contribution < -0.4 is 0 Å². The Balaban J connectivity index is 2.32. The molecular weight excluding hydrogens is 208 g/mol. The molecule has 0 aliphatic carbocycles. The van der Waals surface area contributed by atoms with Crippen LogP contribution in [0.1, 0.15) is 9.67 Å². The largest absolute Gasteiger partial charge is 0.308 e. The Bertz CT molecular complexity index is 296. The van der Waals surface area contributed by atoms with Gasteiger partial charge >= 0.3 is 0 Å². The third kappa shape index (κ3) is 4.55. The smallest absolute Gasteiger partial charge is 0.186 e. The summed E-state index contributed by atoms with van der Waals surface area (Å²) in [5, 5.41) is 1.94. The van der Waals surface area contributed by atoms with Crippen LogP contribution in [0.4, 0.5) is 0 Å². The number of likely N-dealkylation sites (N-methyl/N-ethyl adjacent to an activating group) is 2. The van der Waals surface area contributed by atoms with E-state index in [1.54, 1.807) is 0 Å². The van der Waals surface area contributed by atoms with Crippen molar-refractivity contribution >= 4 is 17.1 Å². The van der Waals surface area contributed by atoms with Crippen LogP contribution >= 0.6 is 11.3 Å². The molecule has 3 nitrogen and oxygen atoms in total. The van der Waals surface area contributed by atoms with Gasteiger partial charge in [-0.05, 0) is 32.6 Å². The number of ketones is 1. The molecule has 0 aliphatic heterocycles. The van der Waals surface area contributed by atoms with E-state index < -0.39 is 0 Å². The molecular formula is C11H18N2OS. The fourth-order valence-electron chi connectivity index (χ4n) is 1.21. The molecule has 1 rings (SSSR count). The van der Waals surface area contributed by atoms with Crippen LogP contribution in [0.2, 0.25) is 0 Å². The summed E-state index contributed by atoms with van der Waals surface area (Å²) in [6.07, 6.45) is 0. The highest BCUT2D eigenvalue weighted by atomic mass is 32.1. The predicted octanol–water partition coefficient (Wildman–Crippen LogP) is 1.42. The lowest BCUT2D eigenvalue weighted by Crippen LogP contribution is -2.32. The first-order chi connectivity index (χ1) is 7.09. The minimum absolute atomic E-state index is 0.214. The molecule has 0 spiro atoms. The van der Waals surface area contributed by atoms with Crippen LogP contribution in [0.3, 0.4) is 0 Å². The third-order valence-corrected chi connectivity index (χ3v) is 3.05. The van der Waals surface area contributed by atoms with Gasteiger partial charge in [0.1, 0.15) is 0 Å². The number of carbonyl (C=O) groups excluding carboxylic acids is 1. The number of carbonyl (C=O) groups is 1. The second-order valence-corrected chi connectivity index (χ2v) is 4.89. The molecule has 84 valence electrons. The van der Waals surface area contributed by atoms with Crippen LogP contribution in [0.5, 0.6) is 0 Å². The zero-order valence-electron chi connectivity index (χ0n) is 9.56. The van der Waals surface area contributed by atoms with Crippen LogP contribution in [0.25, 0.3) is 0 Å². The van der Waals surface area contributed by atoms with Crippen LogP contribution in [-0.4, -0.2) is 56.4 Å². The molecule has 0 N–H and O–H groups in total. The van der Waals surface area contributed by atoms with Gasteiger partial charge in [0.25, 0.3) is 0 Å². The average molecular weight is 226 g/mol. The summed E-state index contributed by atoms with van der Waals surface area (Å²) in [5.41, 5.74) is 0. The summed E-state index contributed by atoms with van der Waals surface area (Å²) in [6, 6.07) is 3.80. The van der Waals surface area contributed by atoms with E-state index >= 15 is 0 Å². The average Bonchev–Trinajstić information content (AvgIpc) is 2.67. The summed E-state index contributed by atoms with van der Waals surface area (Å²) in [4.78, 5) is 16.7. The summed E-state index contributed by atoms with van der Waals surface area (Å²) >= 11 is 1.51. The molecule has 0 fully saturated rings. The second-order valence-electron chi connectivity index (χ2n) is 3.94. The minimum atomic E-state index is 0.214. The summed E-state index contributed by atoms with van der Waals surface area (Å²) < 4.78 is 0.